The second-order valence-electron chi connectivity index (χ2n) is 5.39. The van der Waals surface area contributed by atoms with Crippen molar-refractivity contribution in [1.82, 2.24) is 5.32 Å². The number of hydrogen-bond acceptors (Lipinski definition) is 3. The van der Waals surface area contributed by atoms with Crippen LogP contribution in [0, 0.1) is 0 Å². The van der Waals surface area contributed by atoms with Crippen molar-refractivity contribution in [2.75, 3.05) is 12.9 Å². The molecule has 1 unspecified atom stereocenters. The average molecular weight is 299 g/mol. The molecule has 0 spiro atoms. The van der Waals surface area contributed by atoms with Gasteiger partial charge in [-0.15, -0.1) is 11.8 Å². The standard InChI is InChI=1S/C18H21NOS/c1-13(14-7-9-15(20-2)10-8-14)19-17-11-12-21-18-6-4-3-5-16(17)18/h3-10,13,17,19H,11-12H2,1-2H3/t13-,17?/m1/s1. The molecule has 2 atom stereocenters. The summed E-state index contributed by atoms with van der Waals surface area (Å²) in [6.07, 6.45) is 1.18. The van der Waals surface area contributed by atoms with Gasteiger partial charge in [-0.25, -0.2) is 0 Å². The molecule has 1 aliphatic heterocycles. The zero-order valence-corrected chi connectivity index (χ0v) is 13.3. The number of thioether (sulfide) groups is 1. The van der Waals surface area contributed by atoms with Gasteiger partial charge in [-0.3, -0.25) is 0 Å². The molecule has 110 valence electrons. The number of rotatable bonds is 4. The molecule has 0 saturated carbocycles. The van der Waals surface area contributed by atoms with E-state index < -0.39 is 0 Å². The Morgan fingerprint density at radius 1 is 1.14 bits per heavy atom. The molecule has 21 heavy (non-hydrogen) atoms. The van der Waals surface area contributed by atoms with E-state index in [1.165, 1.54) is 28.2 Å². The largest absolute Gasteiger partial charge is 0.497 e. The molecule has 2 aromatic rings. The Bertz CT molecular complexity index is 596. The maximum absolute atomic E-state index is 5.22. The van der Waals surface area contributed by atoms with Gasteiger partial charge in [0, 0.05) is 17.0 Å². The number of ether oxygens (including phenoxy) is 1. The summed E-state index contributed by atoms with van der Waals surface area (Å²) in [5.74, 6) is 2.09. The molecule has 0 aromatic heterocycles. The maximum Gasteiger partial charge on any atom is 0.118 e. The SMILES string of the molecule is COc1ccc([C@@H](C)NC2CCSc3ccccc32)cc1. The van der Waals surface area contributed by atoms with Crippen LogP contribution in [-0.4, -0.2) is 12.9 Å². The van der Waals surface area contributed by atoms with Crippen LogP contribution in [0.25, 0.3) is 0 Å². The number of nitrogens with one attached hydrogen (secondary N) is 1. The fourth-order valence-electron chi connectivity index (χ4n) is 2.81. The highest BCUT2D eigenvalue weighted by Gasteiger charge is 2.21. The monoisotopic (exact) mass is 299 g/mol. The minimum atomic E-state index is 0.331. The molecule has 3 rings (SSSR count). The van der Waals surface area contributed by atoms with E-state index in [1.807, 2.05) is 23.9 Å². The predicted molar refractivity (Wildman–Crippen MR) is 89.1 cm³/mol. The Morgan fingerprint density at radius 3 is 2.67 bits per heavy atom. The van der Waals surface area contributed by atoms with Gasteiger partial charge >= 0.3 is 0 Å². The van der Waals surface area contributed by atoms with Gasteiger partial charge in [0.1, 0.15) is 5.75 Å². The van der Waals surface area contributed by atoms with Crippen molar-refractivity contribution >= 4 is 11.8 Å². The van der Waals surface area contributed by atoms with Crippen molar-refractivity contribution < 1.29 is 4.74 Å². The minimum Gasteiger partial charge on any atom is -0.497 e. The van der Waals surface area contributed by atoms with Gasteiger partial charge in [-0.2, -0.15) is 0 Å². The molecule has 3 heteroatoms. The van der Waals surface area contributed by atoms with Crippen LogP contribution >= 0.6 is 11.8 Å². The second kappa shape index (κ2) is 6.54. The lowest BCUT2D eigenvalue weighted by Gasteiger charge is -2.29. The van der Waals surface area contributed by atoms with E-state index in [-0.39, 0.29) is 0 Å². The second-order valence-corrected chi connectivity index (χ2v) is 6.53. The highest BCUT2D eigenvalue weighted by molar-refractivity contribution is 7.99. The van der Waals surface area contributed by atoms with Crippen LogP contribution in [0.3, 0.4) is 0 Å². The van der Waals surface area contributed by atoms with E-state index in [1.54, 1.807) is 7.11 Å². The highest BCUT2D eigenvalue weighted by atomic mass is 32.2. The summed E-state index contributed by atoms with van der Waals surface area (Å²) >= 11 is 1.96. The van der Waals surface area contributed by atoms with Crippen molar-refractivity contribution in [1.29, 1.82) is 0 Å². The van der Waals surface area contributed by atoms with Gasteiger partial charge in [0.15, 0.2) is 0 Å². The fraction of sp³-hybridized carbons (Fsp3) is 0.333. The van der Waals surface area contributed by atoms with Crippen LogP contribution in [0.15, 0.2) is 53.4 Å². The molecule has 1 aliphatic rings. The average Bonchev–Trinajstić information content (AvgIpc) is 2.55. The predicted octanol–water partition coefficient (Wildman–Crippen LogP) is 4.58. The Labute approximate surface area is 130 Å². The third kappa shape index (κ3) is 3.25. The van der Waals surface area contributed by atoms with Crippen LogP contribution in [0.2, 0.25) is 0 Å². The summed E-state index contributed by atoms with van der Waals surface area (Å²) in [6, 6.07) is 17.8. The summed E-state index contributed by atoms with van der Waals surface area (Å²) in [5, 5.41) is 3.77. The fourth-order valence-corrected chi connectivity index (χ4v) is 3.93. The van der Waals surface area contributed by atoms with Crippen molar-refractivity contribution in [2.45, 2.75) is 30.3 Å². The van der Waals surface area contributed by atoms with E-state index in [9.17, 15) is 0 Å². The quantitative estimate of drug-likeness (QED) is 0.892. The molecule has 0 fully saturated rings. The number of hydrogen-bond donors (Lipinski definition) is 1. The van der Waals surface area contributed by atoms with Crippen LogP contribution < -0.4 is 10.1 Å². The van der Waals surface area contributed by atoms with Gasteiger partial charge in [-0.05, 0) is 48.4 Å². The van der Waals surface area contributed by atoms with Gasteiger partial charge < -0.3 is 10.1 Å². The number of fused-ring (bicyclic) bond motifs is 1. The van der Waals surface area contributed by atoms with Crippen molar-refractivity contribution in [3.63, 3.8) is 0 Å². The lowest BCUT2D eigenvalue weighted by Crippen LogP contribution is -2.27. The van der Waals surface area contributed by atoms with E-state index in [4.69, 9.17) is 4.74 Å². The number of methoxy groups -OCH3 is 1. The first kappa shape index (κ1) is 14.5. The Kier molecular flexibility index (Phi) is 4.51. The Hall–Kier alpha value is -1.45. The van der Waals surface area contributed by atoms with Gasteiger partial charge in [0.05, 0.1) is 7.11 Å². The van der Waals surface area contributed by atoms with Gasteiger partial charge in [0.2, 0.25) is 0 Å². The summed E-state index contributed by atoms with van der Waals surface area (Å²) in [7, 11) is 1.70. The molecule has 1 heterocycles. The Balaban J connectivity index is 1.74. The molecule has 0 aliphatic carbocycles. The summed E-state index contributed by atoms with van der Waals surface area (Å²) in [6.45, 7) is 2.23. The summed E-state index contributed by atoms with van der Waals surface area (Å²) in [5.41, 5.74) is 2.74. The van der Waals surface area contributed by atoms with E-state index in [0.29, 0.717) is 12.1 Å². The smallest absolute Gasteiger partial charge is 0.118 e. The molecule has 0 bridgehead atoms. The molecular formula is C18H21NOS. The van der Waals surface area contributed by atoms with E-state index in [0.717, 1.165) is 5.75 Å². The molecule has 0 amide bonds. The molecule has 0 radical (unpaired) electrons. The zero-order chi connectivity index (χ0) is 14.7. The zero-order valence-electron chi connectivity index (χ0n) is 12.5. The van der Waals surface area contributed by atoms with Gasteiger partial charge in [0.25, 0.3) is 0 Å². The van der Waals surface area contributed by atoms with Crippen molar-refractivity contribution in [3.8, 4) is 5.75 Å². The first-order chi connectivity index (χ1) is 10.3. The van der Waals surface area contributed by atoms with Crippen LogP contribution in [0.1, 0.15) is 36.6 Å². The third-order valence-electron chi connectivity index (χ3n) is 4.03. The molecule has 2 aromatic carbocycles. The van der Waals surface area contributed by atoms with E-state index in [2.05, 4.69) is 48.6 Å². The Morgan fingerprint density at radius 2 is 1.90 bits per heavy atom. The first-order valence-corrected chi connectivity index (χ1v) is 8.38. The van der Waals surface area contributed by atoms with Crippen LogP contribution in [0.5, 0.6) is 5.75 Å². The van der Waals surface area contributed by atoms with Crippen LogP contribution in [0.4, 0.5) is 0 Å². The molecule has 2 nitrogen and oxygen atoms in total. The minimum absolute atomic E-state index is 0.331. The lowest BCUT2D eigenvalue weighted by atomic mass is 10.0. The molecule has 0 saturated heterocycles. The highest BCUT2D eigenvalue weighted by Crippen LogP contribution is 2.37. The van der Waals surface area contributed by atoms with Crippen molar-refractivity contribution in [3.05, 3.63) is 59.7 Å². The van der Waals surface area contributed by atoms with E-state index >= 15 is 0 Å². The lowest BCUT2D eigenvalue weighted by molar-refractivity contribution is 0.413. The maximum atomic E-state index is 5.22. The summed E-state index contributed by atoms with van der Waals surface area (Å²) in [4.78, 5) is 1.42. The normalized spacial score (nSPS) is 18.9. The third-order valence-corrected chi connectivity index (χ3v) is 5.15. The summed E-state index contributed by atoms with van der Waals surface area (Å²) < 4.78 is 5.22. The first-order valence-electron chi connectivity index (χ1n) is 7.39. The van der Waals surface area contributed by atoms with Gasteiger partial charge in [-0.1, -0.05) is 30.3 Å². The number of benzene rings is 2. The molecule has 1 N–H and O–H groups in total. The van der Waals surface area contributed by atoms with Crippen LogP contribution in [-0.2, 0) is 0 Å². The van der Waals surface area contributed by atoms with Crippen molar-refractivity contribution in [2.24, 2.45) is 0 Å². The topological polar surface area (TPSA) is 21.3 Å². The molecular weight excluding hydrogens is 278 g/mol.